The van der Waals surface area contributed by atoms with Crippen molar-refractivity contribution in [2.24, 2.45) is 4.99 Å². The second-order valence-electron chi connectivity index (χ2n) is 6.53. The summed E-state index contributed by atoms with van der Waals surface area (Å²) in [7, 11) is 1.79. The van der Waals surface area contributed by atoms with Crippen molar-refractivity contribution in [1.82, 2.24) is 10.6 Å². The molecule has 0 saturated heterocycles. The van der Waals surface area contributed by atoms with Crippen LogP contribution in [-0.2, 0) is 5.41 Å². The molecule has 1 aromatic rings. The number of hydrogen-bond acceptors (Lipinski definition) is 2. The van der Waals surface area contributed by atoms with Gasteiger partial charge in [0.2, 0.25) is 0 Å². The summed E-state index contributed by atoms with van der Waals surface area (Å²) >= 11 is 1.83. The van der Waals surface area contributed by atoms with Crippen molar-refractivity contribution in [3.63, 3.8) is 0 Å². The smallest absolute Gasteiger partial charge is 0.191 e. The second kappa shape index (κ2) is 6.90. The topological polar surface area (TPSA) is 36.4 Å². The van der Waals surface area contributed by atoms with Crippen molar-refractivity contribution in [2.75, 3.05) is 26.4 Å². The van der Waals surface area contributed by atoms with Gasteiger partial charge in [-0.05, 0) is 50.6 Å². The molecule has 0 spiro atoms. The van der Waals surface area contributed by atoms with Crippen LogP contribution in [0.25, 0.3) is 0 Å². The lowest BCUT2D eigenvalue weighted by Gasteiger charge is -2.25. The molecule has 0 atom stereocenters. The van der Waals surface area contributed by atoms with Gasteiger partial charge in [0.05, 0.1) is 0 Å². The molecule has 0 aromatic heterocycles. The van der Waals surface area contributed by atoms with Gasteiger partial charge in [0.25, 0.3) is 0 Å². The molecule has 0 radical (unpaired) electrons. The molecular formula is C17H26FN3S. The summed E-state index contributed by atoms with van der Waals surface area (Å²) in [6, 6.07) is 6.89. The summed E-state index contributed by atoms with van der Waals surface area (Å²) in [5.74, 6) is 0.653. The van der Waals surface area contributed by atoms with Gasteiger partial charge in [-0.15, -0.1) is 0 Å². The molecular weight excluding hydrogens is 297 g/mol. The minimum Gasteiger partial charge on any atom is -0.356 e. The fraction of sp³-hybridized carbons (Fsp3) is 0.588. The highest BCUT2D eigenvalue weighted by atomic mass is 32.2. The van der Waals surface area contributed by atoms with Crippen LogP contribution >= 0.6 is 11.8 Å². The summed E-state index contributed by atoms with van der Waals surface area (Å²) in [6.45, 7) is 6.10. The van der Waals surface area contributed by atoms with Gasteiger partial charge in [0.1, 0.15) is 5.82 Å². The van der Waals surface area contributed by atoms with Crippen LogP contribution < -0.4 is 10.6 Å². The van der Waals surface area contributed by atoms with E-state index >= 15 is 0 Å². The normalized spacial score (nSPS) is 17.2. The lowest BCUT2D eigenvalue weighted by molar-refractivity contribution is 0.613. The molecule has 0 bridgehead atoms. The van der Waals surface area contributed by atoms with Crippen molar-refractivity contribution in [2.45, 2.75) is 36.9 Å². The quantitative estimate of drug-likeness (QED) is 0.624. The van der Waals surface area contributed by atoms with Crippen molar-refractivity contribution < 1.29 is 4.39 Å². The number of aliphatic imine (C=N–C) groups is 1. The van der Waals surface area contributed by atoms with E-state index in [1.54, 1.807) is 19.2 Å². The zero-order chi connectivity index (χ0) is 16.2. The Morgan fingerprint density at radius 3 is 2.41 bits per heavy atom. The fourth-order valence-electron chi connectivity index (χ4n) is 2.36. The Kier molecular flexibility index (Phi) is 5.37. The van der Waals surface area contributed by atoms with Crippen molar-refractivity contribution in [1.29, 1.82) is 0 Å². The van der Waals surface area contributed by atoms with E-state index in [-0.39, 0.29) is 16.0 Å². The number of rotatable bonds is 6. The van der Waals surface area contributed by atoms with Crippen LogP contribution in [0.3, 0.4) is 0 Å². The van der Waals surface area contributed by atoms with E-state index in [2.05, 4.69) is 35.7 Å². The Hall–Kier alpha value is -1.23. The van der Waals surface area contributed by atoms with Crippen LogP contribution in [-0.4, -0.2) is 37.1 Å². The van der Waals surface area contributed by atoms with Crippen LogP contribution in [0.5, 0.6) is 0 Å². The van der Waals surface area contributed by atoms with Gasteiger partial charge in [-0.3, -0.25) is 4.99 Å². The highest BCUT2D eigenvalue weighted by molar-refractivity contribution is 7.99. The average molecular weight is 323 g/mol. The number of nitrogens with one attached hydrogen (secondary N) is 2. The molecule has 0 heterocycles. The molecule has 1 aliphatic carbocycles. The lowest BCUT2D eigenvalue weighted by atomic mass is 9.96. The molecule has 1 fully saturated rings. The van der Waals surface area contributed by atoms with Gasteiger partial charge in [-0.25, -0.2) is 4.39 Å². The first-order chi connectivity index (χ1) is 10.4. The molecule has 5 heteroatoms. The molecule has 122 valence electrons. The standard InChI is InChI=1S/C17H26FN3S/c1-16(2,22-4)11-20-15(19-3)21-12-17(9-10-17)13-5-7-14(18)8-6-13/h5-8H,9-12H2,1-4H3,(H2,19,20,21). The average Bonchev–Trinajstić information content (AvgIpc) is 3.29. The predicted octanol–water partition coefficient (Wildman–Crippen LogP) is 3.16. The molecule has 0 aliphatic heterocycles. The highest BCUT2D eigenvalue weighted by Gasteiger charge is 2.44. The molecule has 2 N–H and O–H groups in total. The Bertz CT molecular complexity index is 521. The Morgan fingerprint density at radius 1 is 1.27 bits per heavy atom. The molecule has 2 rings (SSSR count). The second-order valence-corrected chi connectivity index (χ2v) is 8.04. The Balaban J connectivity index is 1.89. The number of nitrogens with zero attached hydrogens (tertiary/aromatic N) is 1. The predicted molar refractivity (Wildman–Crippen MR) is 94.3 cm³/mol. The zero-order valence-electron chi connectivity index (χ0n) is 13.9. The third-order valence-corrected chi connectivity index (χ3v) is 5.61. The molecule has 22 heavy (non-hydrogen) atoms. The molecule has 1 saturated carbocycles. The van der Waals surface area contributed by atoms with Crippen molar-refractivity contribution >= 4 is 17.7 Å². The van der Waals surface area contributed by atoms with Gasteiger partial charge in [0.15, 0.2) is 5.96 Å². The lowest BCUT2D eigenvalue weighted by Crippen LogP contribution is -2.45. The molecule has 0 unspecified atom stereocenters. The van der Waals surface area contributed by atoms with E-state index in [0.29, 0.717) is 0 Å². The Morgan fingerprint density at radius 2 is 1.91 bits per heavy atom. The monoisotopic (exact) mass is 323 g/mol. The number of hydrogen-bond donors (Lipinski definition) is 2. The van der Waals surface area contributed by atoms with Crippen LogP contribution in [0.4, 0.5) is 4.39 Å². The Labute approximate surface area is 137 Å². The minimum atomic E-state index is -0.177. The maximum Gasteiger partial charge on any atom is 0.191 e. The number of thioether (sulfide) groups is 1. The summed E-state index contributed by atoms with van der Waals surface area (Å²) in [4.78, 5) is 4.29. The molecule has 1 aliphatic rings. The van der Waals surface area contributed by atoms with E-state index in [0.717, 1.165) is 31.9 Å². The van der Waals surface area contributed by atoms with E-state index in [1.807, 2.05) is 23.9 Å². The van der Waals surface area contributed by atoms with Crippen molar-refractivity contribution in [3.05, 3.63) is 35.6 Å². The summed E-state index contributed by atoms with van der Waals surface area (Å²) in [6.07, 6.45) is 4.39. The summed E-state index contributed by atoms with van der Waals surface area (Å²) in [5.41, 5.74) is 1.35. The summed E-state index contributed by atoms with van der Waals surface area (Å²) in [5, 5.41) is 6.80. The van der Waals surface area contributed by atoms with E-state index in [1.165, 1.54) is 5.56 Å². The summed E-state index contributed by atoms with van der Waals surface area (Å²) < 4.78 is 13.2. The van der Waals surface area contributed by atoms with Gasteiger partial charge >= 0.3 is 0 Å². The minimum absolute atomic E-state index is 0.139. The maximum atomic E-state index is 13.1. The maximum absolute atomic E-state index is 13.1. The first-order valence-corrected chi connectivity index (χ1v) is 8.89. The van der Waals surface area contributed by atoms with Gasteiger partial charge in [-0.1, -0.05) is 12.1 Å². The third-order valence-electron chi connectivity index (χ3n) is 4.36. The van der Waals surface area contributed by atoms with E-state index < -0.39 is 0 Å². The van der Waals surface area contributed by atoms with E-state index in [9.17, 15) is 4.39 Å². The number of guanidine groups is 1. The number of halogens is 1. The first-order valence-electron chi connectivity index (χ1n) is 7.66. The van der Waals surface area contributed by atoms with Crippen LogP contribution in [0.15, 0.2) is 29.3 Å². The highest BCUT2D eigenvalue weighted by Crippen LogP contribution is 2.47. The van der Waals surface area contributed by atoms with Gasteiger partial charge < -0.3 is 10.6 Å². The molecule has 3 nitrogen and oxygen atoms in total. The molecule has 0 amide bonds. The van der Waals surface area contributed by atoms with Crippen LogP contribution in [0.2, 0.25) is 0 Å². The molecule has 1 aromatic carbocycles. The van der Waals surface area contributed by atoms with Crippen LogP contribution in [0, 0.1) is 5.82 Å². The first kappa shape index (κ1) is 17.1. The van der Waals surface area contributed by atoms with Gasteiger partial charge in [0, 0.05) is 30.3 Å². The SMILES string of the molecule is CN=C(NCC(C)(C)SC)NCC1(c2ccc(F)cc2)CC1. The van der Waals surface area contributed by atoms with Crippen molar-refractivity contribution in [3.8, 4) is 0 Å². The zero-order valence-corrected chi connectivity index (χ0v) is 14.7. The third kappa shape index (κ3) is 4.38. The van der Waals surface area contributed by atoms with Gasteiger partial charge in [-0.2, -0.15) is 11.8 Å². The van der Waals surface area contributed by atoms with Crippen LogP contribution in [0.1, 0.15) is 32.3 Å². The fourth-order valence-corrected chi connectivity index (χ4v) is 2.58. The largest absolute Gasteiger partial charge is 0.356 e. The van der Waals surface area contributed by atoms with E-state index in [4.69, 9.17) is 0 Å². The number of benzene rings is 1.